The van der Waals surface area contributed by atoms with Gasteiger partial charge in [0.05, 0.1) is 13.3 Å². The molecule has 2 amide bonds. The Hall–Kier alpha value is -3.35. The van der Waals surface area contributed by atoms with E-state index in [0.29, 0.717) is 5.75 Å². The summed E-state index contributed by atoms with van der Waals surface area (Å²) in [4.78, 5) is 25.4. The van der Waals surface area contributed by atoms with Crippen molar-refractivity contribution in [1.82, 2.24) is 10.7 Å². The molecule has 7 nitrogen and oxygen atoms in total. The first-order chi connectivity index (χ1) is 17.2. The maximum atomic E-state index is 12.8. The zero-order chi connectivity index (χ0) is 26.2. The van der Waals surface area contributed by atoms with Crippen LogP contribution < -0.4 is 20.2 Å². The zero-order valence-electron chi connectivity index (χ0n) is 22.3. The molecule has 2 aromatic carbocycles. The summed E-state index contributed by atoms with van der Waals surface area (Å²) in [5.41, 5.74) is 8.18. The van der Waals surface area contributed by atoms with Crippen molar-refractivity contribution in [3.8, 4) is 11.5 Å². The Kier molecular flexibility index (Phi) is 9.51. The minimum Gasteiger partial charge on any atom is -0.496 e. The highest BCUT2D eigenvalue weighted by atomic mass is 16.5. The summed E-state index contributed by atoms with van der Waals surface area (Å²) in [5, 5.41) is 6.94. The van der Waals surface area contributed by atoms with Gasteiger partial charge in [0.1, 0.15) is 17.5 Å². The van der Waals surface area contributed by atoms with Gasteiger partial charge in [0, 0.05) is 0 Å². The molecule has 0 aromatic heterocycles. The fourth-order valence-electron chi connectivity index (χ4n) is 4.42. The molecule has 2 aromatic rings. The summed E-state index contributed by atoms with van der Waals surface area (Å²) >= 11 is 0. The van der Waals surface area contributed by atoms with E-state index in [4.69, 9.17) is 9.47 Å². The number of hydrogen-bond donors (Lipinski definition) is 2. The fourth-order valence-corrected chi connectivity index (χ4v) is 4.42. The first kappa shape index (κ1) is 27.2. The second kappa shape index (κ2) is 12.6. The average molecular weight is 494 g/mol. The standard InChI is InChI=1S/C29H39N3O4/c1-18(2)25-15-23(20(5)13-26(25)35-6)16-30-32-29(34)28(19(3)4)31-27(33)17-36-24-12-11-21-9-7-8-10-22(21)14-24/h11-16,18-19,28H,7-10,17H2,1-6H3,(H,31,33)(H,32,34)/b30-16+. The largest absolute Gasteiger partial charge is 0.496 e. The van der Waals surface area contributed by atoms with Crippen LogP contribution in [0.2, 0.25) is 0 Å². The lowest BCUT2D eigenvalue weighted by Gasteiger charge is -2.21. The Morgan fingerprint density at radius 2 is 1.78 bits per heavy atom. The molecule has 1 aliphatic carbocycles. The first-order valence-electron chi connectivity index (χ1n) is 12.7. The van der Waals surface area contributed by atoms with Crippen LogP contribution in [0.1, 0.15) is 74.3 Å². The number of amides is 2. The van der Waals surface area contributed by atoms with Crippen molar-refractivity contribution in [1.29, 1.82) is 0 Å². The van der Waals surface area contributed by atoms with Crippen LogP contribution in [0.3, 0.4) is 0 Å². The van der Waals surface area contributed by atoms with Crippen molar-refractivity contribution in [3.05, 3.63) is 58.1 Å². The number of benzene rings is 2. The number of rotatable bonds is 10. The SMILES string of the molecule is COc1cc(C)c(/C=N/NC(=O)C(NC(=O)COc2ccc3c(c2)CCCC3)C(C)C)cc1C(C)C. The van der Waals surface area contributed by atoms with Gasteiger partial charge >= 0.3 is 0 Å². The van der Waals surface area contributed by atoms with E-state index in [-0.39, 0.29) is 30.3 Å². The second-order valence-corrected chi connectivity index (χ2v) is 10.1. The molecule has 0 fully saturated rings. The minimum absolute atomic E-state index is 0.122. The van der Waals surface area contributed by atoms with E-state index in [2.05, 4.69) is 35.8 Å². The summed E-state index contributed by atoms with van der Waals surface area (Å²) in [6.07, 6.45) is 6.17. The van der Waals surface area contributed by atoms with E-state index >= 15 is 0 Å². The smallest absolute Gasteiger partial charge is 0.262 e. The molecule has 0 spiro atoms. The molecule has 0 saturated carbocycles. The normalized spacial score (nSPS) is 14.0. The van der Waals surface area contributed by atoms with Crippen molar-refractivity contribution < 1.29 is 19.1 Å². The zero-order valence-corrected chi connectivity index (χ0v) is 22.3. The molecule has 1 unspecified atom stereocenters. The summed E-state index contributed by atoms with van der Waals surface area (Å²) in [6, 6.07) is 9.27. The molecule has 0 saturated heterocycles. The molecule has 0 aliphatic heterocycles. The van der Waals surface area contributed by atoms with Gasteiger partial charge in [-0.15, -0.1) is 0 Å². The third kappa shape index (κ3) is 7.09. The third-order valence-corrected chi connectivity index (χ3v) is 6.57. The number of ether oxygens (including phenoxy) is 2. The molecule has 0 bridgehead atoms. The van der Waals surface area contributed by atoms with E-state index in [9.17, 15) is 9.59 Å². The Labute approximate surface area is 214 Å². The number of hydrogen-bond acceptors (Lipinski definition) is 5. The van der Waals surface area contributed by atoms with Gasteiger partial charge in [-0.3, -0.25) is 9.59 Å². The number of nitrogens with one attached hydrogen (secondary N) is 2. The number of methoxy groups -OCH3 is 1. The van der Waals surface area contributed by atoms with Crippen molar-refractivity contribution in [3.63, 3.8) is 0 Å². The van der Waals surface area contributed by atoms with Crippen LogP contribution >= 0.6 is 0 Å². The Morgan fingerprint density at radius 1 is 1.06 bits per heavy atom. The number of carbonyl (C=O) groups excluding carboxylic acids is 2. The third-order valence-electron chi connectivity index (χ3n) is 6.57. The van der Waals surface area contributed by atoms with Crippen molar-refractivity contribution in [2.45, 2.75) is 72.3 Å². The highest BCUT2D eigenvalue weighted by molar-refractivity contribution is 5.89. The maximum absolute atomic E-state index is 12.8. The molecule has 1 atom stereocenters. The molecule has 0 radical (unpaired) electrons. The van der Waals surface area contributed by atoms with Gasteiger partial charge in [-0.25, -0.2) is 5.43 Å². The topological polar surface area (TPSA) is 89.0 Å². The predicted octanol–water partition coefficient (Wildman–Crippen LogP) is 4.68. The lowest BCUT2D eigenvalue weighted by Crippen LogP contribution is -2.49. The van der Waals surface area contributed by atoms with Crippen LogP contribution in [-0.2, 0) is 22.4 Å². The lowest BCUT2D eigenvalue weighted by atomic mass is 9.92. The molecular formula is C29H39N3O4. The maximum Gasteiger partial charge on any atom is 0.262 e. The minimum atomic E-state index is -0.732. The van der Waals surface area contributed by atoms with Gasteiger partial charge in [-0.05, 0) is 96.5 Å². The van der Waals surface area contributed by atoms with E-state index in [1.807, 2.05) is 45.0 Å². The molecule has 36 heavy (non-hydrogen) atoms. The highest BCUT2D eigenvalue weighted by Crippen LogP contribution is 2.29. The van der Waals surface area contributed by atoms with Gasteiger partial charge in [-0.1, -0.05) is 33.8 Å². The van der Waals surface area contributed by atoms with Gasteiger partial charge < -0.3 is 14.8 Å². The molecule has 3 rings (SSSR count). The van der Waals surface area contributed by atoms with E-state index in [1.54, 1.807) is 13.3 Å². The molecule has 1 aliphatic rings. The number of fused-ring (bicyclic) bond motifs is 1. The van der Waals surface area contributed by atoms with Crippen LogP contribution in [0.25, 0.3) is 0 Å². The fraction of sp³-hybridized carbons (Fsp3) is 0.483. The Bertz CT molecular complexity index is 1110. The summed E-state index contributed by atoms with van der Waals surface area (Å²) < 4.78 is 11.2. The van der Waals surface area contributed by atoms with Crippen LogP contribution in [0, 0.1) is 12.8 Å². The van der Waals surface area contributed by atoms with Crippen LogP contribution in [-0.4, -0.2) is 37.8 Å². The van der Waals surface area contributed by atoms with Crippen molar-refractivity contribution in [2.75, 3.05) is 13.7 Å². The molecule has 194 valence electrons. The van der Waals surface area contributed by atoms with Crippen LogP contribution in [0.15, 0.2) is 35.4 Å². The molecular weight excluding hydrogens is 454 g/mol. The monoisotopic (exact) mass is 493 g/mol. The van der Waals surface area contributed by atoms with Gasteiger partial charge in [-0.2, -0.15) is 5.10 Å². The number of nitrogens with zero attached hydrogens (tertiary/aromatic N) is 1. The van der Waals surface area contributed by atoms with Gasteiger partial charge in [0.2, 0.25) is 0 Å². The summed E-state index contributed by atoms with van der Waals surface area (Å²) in [5.74, 6) is 0.951. The average Bonchev–Trinajstić information content (AvgIpc) is 2.86. The van der Waals surface area contributed by atoms with Gasteiger partial charge in [0.15, 0.2) is 6.61 Å². The molecule has 0 heterocycles. The Balaban J connectivity index is 1.58. The van der Waals surface area contributed by atoms with Crippen LogP contribution in [0.5, 0.6) is 11.5 Å². The number of hydrazone groups is 1. The predicted molar refractivity (Wildman–Crippen MR) is 143 cm³/mol. The number of carbonyl (C=O) groups is 2. The Morgan fingerprint density at radius 3 is 2.44 bits per heavy atom. The quantitative estimate of drug-likeness (QED) is 0.372. The van der Waals surface area contributed by atoms with Gasteiger partial charge in [0.25, 0.3) is 11.8 Å². The van der Waals surface area contributed by atoms with E-state index in [0.717, 1.165) is 35.3 Å². The van der Waals surface area contributed by atoms with E-state index < -0.39 is 6.04 Å². The highest BCUT2D eigenvalue weighted by Gasteiger charge is 2.24. The van der Waals surface area contributed by atoms with Crippen molar-refractivity contribution >= 4 is 18.0 Å². The summed E-state index contributed by atoms with van der Waals surface area (Å²) in [6.45, 7) is 9.77. The summed E-state index contributed by atoms with van der Waals surface area (Å²) in [7, 11) is 1.66. The number of aryl methyl sites for hydroxylation is 3. The first-order valence-corrected chi connectivity index (χ1v) is 12.7. The second-order valence-electron chi connectivity index (χ2n) is 10.1. The van der Waals surface area contributed by atoms with Crippen LogP contribution in [0.4, 0.5) is 0 Å². The molecule has 2 N–H and O–H groups in total. The lowest BCUT2D eigenvalue weighted by molar-refractivity contribution is -0.131. The van der Waals surface area contributed by atoms with Crippen molar-refractivity contribution in [2.24, 2.45) is 11.0 Å². The molecule has 7 heteroatoms. The van der Waals surface area contributed by atoms with E-state index in [1.165, 1.54) is 24.0 Å².